The van der Waals surface area contributed by atoms with E-state index in [9.17, 15) is 9.59 Å². The molecule has 0 spiro atoms. The lowest BCUT2D eigenvalue weighted by Gasteiger charge is -2.29. The van der Waals surface area contributed by atoms with Crippen LogP contribution in [0.4, 0.5) is 5.69 Å². The topological polar surface area (TPSA) is 58.6 Å². The Hall–Kier alpha value is -1.88. The number of hydrogen-bond acceptors (Lipinski definition) is 3. The predicted octanol–water partition coefficient (Wildman–Crippen LogP) is 1.75. The maximum Gasteiger partial charge on any atom is 0.251 e. The van der Waals surface area contributed by atoms with E-state index in [4.69, 9.17) is 4.74 Å². The third kappa shape index (κ3) is 3.61. The summed E-state index contributed by atoms with van der Waals surface area (Å²) in [5.41, 5.74) is 2.65. The van der Waals surface area contributed by atoms with Gasteiger partial charge in [0, 0.05) is 37.9 Å². The van der Waals surface area contributed by atoms with Crippen LogP contribution in [0.25, 0.3) is 0 Å². The van der Waals surface area contributed by atoms with E-state index in [1.165, 1.54) is 0 Å². The molecule has 0 unspecified atom stereocenters. The number of aryl methyl sites for hydroxylation is 1. The van der Waals surface area contributed by atoms with Crippen molar-refractivity contribution in [3.8, 4) is 0 Å². The van der Waals surface area contributed by atoms with Gasteiger partial charge in [0.05, 0.1) is 6.61 Å². The van der Waals surface area contributed by atoms with Crippen molar-refractivity contribution in [1.29, 1.82) is 0 Å². The molecule has 1 aromatic rings. The molecule has 0 saturated carbocycles. The third-order valence-electron chi connectivity index (χ3n) is 3.58. The van der Waals surface area contributed by atoms with Crippen LogP contribution in [0, 0.1) is 0 Å². The molecular formula is C16H22N2O3. The zero-order chi connectivity index (χ0) is 15.2. The van der Waals surface area contributed by atoms with Crippen molar-refractivity contribution in [2.24, 2.45) is 0 Å². The number of benzene rings is 1. The van der Waals surface area contributed by atoms with Crippen LogP contribution in [0.15, 0.2) is 18.2 Å². The second kappa shape index (κ2) is 7.22. The van der Waals surface area contributed by atoms with Gasteiger partial charge in [-0.05, 0) is 36.6 Å². The van der Waals surface area contributed by atoms with Crippen LogP contribution in [0.2, 0.25) is 0 Å². The number of hydrogen-bond donors (Lipinski definition) is 1. The summed E-state index contributed by atoms with van der Waals surface area (Å²) in [4.78, 5) is 25.8. The van der Waals surface area contributed by atoms with Crippen LogP contribution < -0.4 is 10.2 Å². The Morgan fingerprint density at radius 3 is 2.90 bits per heavy atom. The normalized spacial score (nSPS) is 14.0. The summed E-state index contributed by atoms with van der Waals surface area (Å²) in [7, 11) is 1.60. The van der Waals surface area contributed by atoms with Gasteiger partial charge in [0.15, 0.2) is 0 Å². The molecular weight excluding hydrogens is 268 g/mol. The number of nitrogens with one attached hydrogen (secondary N) is 1. The van der Waals surface area contributed by atoms with Gasteiger partial charge in [-0.1, -0.05) is 6.92 Å². The number of ether oxygens (including phenoxy) is 1. The van der Waals surface area contributed by atoms with Gasteiger partial charge in [-0.15, -0.1) is 0 Å². The smallest absolute Gasteiger partial charge is 0.251 e. The van der Waals surface area contributed by atoms with Crippen molar-refractivity contribution in [1.82, 2.24) is 5.32 Å². The Morgan fingerprint density at radius 2 is 2.19 bits per heavy atom. The van der Waals surface area contributed by atoms with Gasteiger partial charge in [0.1, 0.15) is 0 Å². The molecule has 21 heavy (non-hydrogen) atoms. The largest absolute Gasteiger partial charge is 0.383 e. The number of carbonyl (C=O) groups excluding carboxylic acids is 2. The maximum atomic E-state index is 12.0. The van der Waals surface area contributed by atoms with Gasteiger partial charge >= 0.3 is 0 Å². The molecule has 1 N–H and O–H groups in total. The molecule has 1 aliphatic rings. The Labute approximate surface area is 125 Å². The predicted molar refractivity (Wildman–Crippen MR) is 81.6 cm³/mol. The first-order valence-corrected chi connectivity index (χ1v) is 7.37. The van der Waals surface area contributed by atoms with Crippen LogP contribution in [-0.4, -0.2) is 38.6 Å². The molecule has 2 amide bonds. The molecule has 1 aliphatic heterocycles. The molecule has 1 aromatic carbocycles. The third-order valence-corrected chi connectivity index (χ3v) is 3.58. The summed E-state index contributed by atoms with van der Waals surface area (Å²) in [6.45, 7) is 3.77. The highest BCUT2D eigenvalue weighted by Crippen LogP contribution is 2.28. The molecule has 2 rings (SSSR count). The molecule has 0 radical (unpaired) electrons. The van der Waals surface area contributed by atoms with Crippen molar-refractivity contribution in [2.75, 3.05) is 31.7 Å². The summed E-state index contributed by atoms with van der Waals surface area (Å²) in [5.74, 6) is 0.0652. The van der Waals surface area contributed by atoms with E-state index >= 15 is 0 Å². The number of nitrogens with zero attached hydrogens (tertiary/aromatic N) is 1. The number of fused-ring (bicyclic) bond motifs is 1. The highest BCUT2D eigenvalue weighted by atomic mass is 16.5. The fraction of sp³-hybridized carbons (Fsp3) is 0.500. The van der Waals surface area contributed by atoms with E-state index in [2.05, 4.69) is 12.2 Å². The summed E-state index contributed by atoms with van der Waals surface area (Å²) in [6, 6.07) is 5.56. The molecule has 0 bridgehead atoms. The average molecular weight is 290 g/mol. The van der Waals surface area contributed by atoms with Crippen LogP contribution in [0.3, 0.4) is 0 Å². The molecule has 114 valence electrons. The van der Waals surface area contributed by atoms with Gasteiger partial charge in [0.25, 0.3) is 5.91 Å². The van der Waals surface area contributed by atoms with Crippen LogP contribution in [0.5, 0.6) is 0 Å². The lowest BCUT2D eigenvalue weighted by atomic mass is 9.98. The standard InChI is InChI=1S/C16H22N2O3/c1-3-9-18-14-6-4-13(16(20)17-8-10-21-2)11-12(14)5-7-15(18)19/h4,6,11H,3,5,7-10H2,1-2H3,(H,17,20). The SMILES string of the molecule is CCCN1C(=O)CCc2cc(C(=O)NCCOC)ccc21. The number of carbonyl (C=O) groups is 2. The zero-order valence-corrected chi connectivity index (χ0v) is 12.6. The van der Waals surface area contributed by atoms with E-state index in [1.807, 2.05) is 17.0 Å². The summed E-state index contributed by atoms with van der Waals surface area (Å²) < 4.78 is 4.91. The van der Waals surface area contributed by atoms with Crippen molar-refractivity contribution in [3.63, 3.8) is 0 Å². The van der Waals surface area contributed by atoms with Gasteiger partial charge in [0.2, 0.25) is 5.91 Å². The second-order valence-corrected chi connectivity index (χ2v) is 5.14. The van der Waals surface area contributed by atoms with Gasteiger partial charge in [-0.25, -0.2) is 0 Å². The fourth-order valence-corrected chi connectivity index (χ4v) is 2.54. The molecule has 0 aromatic heterocycles. The molecule has 5 nitrogen and oxygen atoms in total. The lowest BCUT2D eigenvalue weighted by Crippen LogP contribution is -2.36. The van der Waals surface area contributed by atoms with Crippen LogP contribution in [-0.2, 0) is 16.0 Å². The van der Waals surface area contributed by atoms with Crippen molar-refractivity contribution < 1.29 is 14.3 Å². The minimum Gasteiger partial charge on any atom is -0.383 e. The van der Waals surface area contributed by atoms with Crippen molar-refractivity contribution in [2.45, 2.75) is 26.2 Å². The summed E-state index contributed by atoms with van der Waals surface area (Å²) >= 11 is 0. The molecule has 0 aliphatic carbocycles. The Bertz CT molecular complexity index is 528. The molecule has 0 saturated heterocycles. The summed E-state index contributed by atoms with van der Waals surface area (Å²) in [5, 5.41) is 2.81. The first-order chi connectivity index (χ1) is 10.2. The Kier molecular flexibility index (Phi) is 5.33. The minimum absolute atomic E-state index is 0.103. The molecule has 0 atom stereocenters. The zero-order valence-electron chi connectivity index (χ0n) is 12.6. The molecule has 0 fully saturated rings. The van der Waals surface area contributed by atoms with E-state index in [0.29, 0.717) is 31.6 Å². The first-order valence-electron chi connectivity index (χ1n) is 7.37. The van der Waals surface area contributed by atoms with E-state index in [-0.39, 0.29) is 11.8 Å². The Balaban J connectivity index is 2.15. The number of anilines is 1. The highest BCUT2D eigenvalue weighted by Gasteiger charge is 2.24. The molecule has 1 heterocycles. The van der Waals surface area contributed by atoms with E-state index in [1.54, 1.807) is 13.2 Å². The maximum absolute atomic E-state index is 12.0. The first kappa shape index (κ1) is 15.5. The van der Waals surface area contributed by atoms with Crippen LogP contribution in [0.1, 0.15) is 35.7 Å². The monoisotopic (exact) mass is 290 g/mol. The molecule has 5 heteroatoms. The van der Waals surface area contributed by atoms with E-state index in [0.717, 1.165) is 24.2 Å². The Morgan fingerprint density at radius 1 is 1.38 bits per heavy atom. The van der Waals surface area contributed by atoms with Crippen molar-refractivity contribution >= 4 is 17.5 Å². The number of amides is 2. The fourth-order valence-electron chi connectivity index (χ4n) is 2.54. The highest BCUT2D eigenvalue weighted by molar-refractivity contribution is 5.99. The van der Waals surface area contributed by atoms with Gasteiger partial charge < -0.3 is 15.0 Å². The quantitative estimate of drug-likeness (QED) is 0.812. The lowest BCUT2D eigenvalue weighted by molar-refractivity contribution is -0.118. The van der Waals surface area contributed by atoms with E-state index < -0.39 is 0 Å². The van der Waals surface area contributed by atoms with Gasteiger partial charge in [-0.2, -0.15) is 0 Å². The van der Waals surface area contributed by atoms with Gasteiger partial charge in [-0.3, -0.25) is 9.59 Å². The number of methoxy groups -OCH3 is 1. The van der Waals surface area contributed by atoms with Crippen molar-refractivity contribution in [3.05, 3.63) is 29.3 Å². The summed E-state index contributed by atoms with van der Waals surface area (Å²) in [6.07, 6.45) is 2.14. The average Bonchev–Trinajstić information content (AvgIpc) is 2.50. The second-order valence-electron chi connectivity index (χ2n) is 5.14. The number of rotatable bonds is 6. The minimum atomic E-state index is -0.103. The van der Waals surface area contributed by atoms with Crippen LogP contribution >= 0.6 is 0 Å².